The molecular formula is C14H18N2. The molecule has 0 fully saturated rings. The third-order valence-corrected chi connectivity index (χ3v) is 2.82. The van der Waals surface area contributed by atoms with Gasteiger partial charge in [0, 0.05) is 31.2 Å². The molecule has 2 rings (SSSR count). The largest absolute Gasteiger partial charge is 0.378 e. The summed E-state index contributed by atoms with van der Waals surface area (Å²) in [5.41, 5.74) is 6.21. The van der Waals surface area contributed by atoms with Gasteiger partial charge in [-0.15, -0.1) is 0 Å². The van der Waals surface area contributed by atoms with Crippen LogP contribution in [0.3, 0.4) is 0 Å². The van der Waals surface area contributed by atoms with Crippen molar-refractivity contribution in [2.75, 3.05) is 19.0 Å². The molecule has 2 nitrogen and oxygen atoms in total. The minimum absolute atomic E-state index is 1.21. The van der Waals surface area contributed by atoms with Crippen LogP contribution in [-0.2, 0) is 0 Å². The fourth-order valence-corrected chi connectivity index (χ4v) is 1.95. The Hall–Kier alpha value is -1.70. The maximum absolute atomic E-state index is 3.40. The predicted octanol–water partition coefficient (Wildman–Crippen LogP) is 3.36. The Bertz CT molecular complexity index is 478. The molecule has 0 aliphatic heterocycles. The zero-order valence-corrected chi connectivity index (χ0v) is 10.3. The molecule has 1 aromatic carbocycles. The maximum atomic E-state index is 3.40. The van der Waals surface area contributed by atoms with Gasteiger partial charge in [0.15, 0.2) is 0 Å². The normalized spacial score (nSPS) is 10.5. The van der Waals surface area contributed by atoms with Crippen molar-refractivity contribution in [2.45, 2.75) is 13.8 Å². The molecule has 0 bridgehead atoms. The number of anilines is 1. The van der Waals surface area contributed by atoms with E-state index in [4.69, 9.17) is 0 Å². The van der Waals surface area contributed by atoms with E-state index in [1.165, 1.54) is 28.2 Å². The van der Waals surface area contributed by atoms with Gasteiger partial charge in [-0.2, -0.15) is 0 Å². The number of nitrogens with one attached hydrogen (secondary N) is 1. The summed E-state index contributed by atoms with van der Waals surface area (Å²) in [5.74, 6) is 0. The van der Waals surface area contributed by atoms with Gasteiger partial charge in [-0.3, -0.25) is 0 Å². The highest BCUT2D eigenvalue weighted by Crippen LogP contribution is 2.25. The first-order valence-electron chi connectivity index (χ1n) is 5.52. The van der Waals surface area contributed by atoms with E-state index in [9.17, 15) is 0 Å². The monoisotopic (exact) mass is 214 g/mol. The van der Waals surface area contributed by atoms with Gasteiger partial charge >= 0.3 is 0 Å². The van der Waals surface area contributed by atoms with Crippen LogP contribution in [0.2, 0.25) is 0 Å². The molecular weight excluding hydrogens is 196 g/mol. The van der Waals surface area contributed by atoms with Crippen molar-refractivity contribution < 1.29 is 0 Å². The van der Waals surface area contributed by atoms with Crippen LogP contribution in [0.4, 0.5) is 5.69 Å². The van der Waals surface area contributed by atoms with Crippen molar-refractivity contribution in [3.05, 3.63) is 41.6 Å². The minimum atomic E-state index is 1.21. The Morgan fingerprint density at radius 1 is 1.00 bits per heavy atom. The number of hydrogen-bond acceptors (Lipinski definition) is 1. The molecule has 2 heteroatoms. The molecule has 0 unspecified atom stereocenters. The maximum Gasteiger partial charge on any atom is 0.0485 e. The standard InChI is InChI=1S/C14H18N2/c1-10-9-11(2)15-14(10)12-5-7-13(8-6-12)16(3)4/h5-9,15H,1-4H3. The second-order valence-electron chi connectivity index (χ2n) is 4.45. The Morgan fingerprint density at radius 3 is 2.06 bits per heavy atom. The molecule has 1 heterocycles. The van der Waals surface area contributed by atoms with Gasteiger partial charge in [0.1, 0.15) is 0 Å². The van der Waals surface area contributed by atoms with Crippen LogP contribution in [0.5, 0.6) is 0 Å². The lowest BCUT2D eigenvalue weighted by molar-refractivity contribution is 1.13. The van der Waals surface area contributed by atoms with E-state index in [1.54, 1.807) is 0 Å². The number of aromatic amines is 1. The summed E-state index contributed by atoms with van der Waals surface area (Å²) in [6, 6.07) is 10.8. The molecule has 1 N–H and O–H groups in total. The fourth-order valence-electron chi connectivity index (χ4n) is 1.95. The van der Waals surface area contributed by atoms with Crippen LogP contribution in [0, 0.1) is 13.8 Å². The van der Waals surface area contributed by atoms with Crippen molar-refractivity contribution >= 4 is 5.69 Å². The molecule has 0 amide bonds. The second kappa shape index (κ2) is 4.05. The first-order chi connectivity index (χ1) is 7.58. The number of benzene rings is 1. The predicted molar refractivity (Wildman–Crippen MR) is 70.0 cm³/mol. The molecule has 84 valence electrons. The summed E-state index contributed by atoms with van der Waals surface area (Å²) in [6.07, 6.45) is 0. The lowest BCUT2D eigenvalue weighted by Crippen LogP contribution is -2.07. The number of rotatable bonds is 2. The van der Waals surface area contributed by atoms with Crippen molar-refractivity contribution in [2.24, 2.45) is 0 Å². The van der Waals surface area contributed by atoms with Gasteiger partial charge in [-0.25, -0.2) is 0 Å². The number of H-pyrrole nitrogens is 1. The third kappa shape index (κ3) is 1.96. The van der Waals surface area contributed by atoms with E-state index in [0.29, 0.717) is 0 Å². The van der Waals surface area contributed by atoms with Gasteiger partial charge < -0.3 is 9.88 Å². The number of nitrogens with zero attached hydrogens (tertiary/aromatic N) is 1. The fraction of sp³-hybridized carbons (Fsp3) is 0.286. The van der Waals surface area contributed by atoms with E-state index in [2.05, 4.69) is 68.2 Å². The van der Waals surface area contributed by atoms with Crippen LogP contribution in [0.25, 0.3) is 11.3 Å². The van der Waals surface area contributed by atoms with E-state index >= 15 is 0 Å². The lowest BCUT2D eigenvalue weighted by atomic mass is 10.1. The number of hydrogen-bond donors (Lipinski definition) is 1. The summed E-state index contributed by atoms with van der Waals surface area (Å²) >= 11 is 0. The average Bonchev–Trinajstić information content (AvgIpc) is 2.58. The molecule has 0 saturated heterocycles. The van der Waals surface area contributed by atoms with Gasteiger partial charge in [-0.05, 0) is 43.2 Å². The Kier molecular flexibility index (Phi) is 2.73. The van der Waals surface area contributed by atoms with Crippen molar-refractivity contribution in [3.63, 3.8) is 0 Å². The molecule has 0 atom stereocenters. The van der Waals surface area contributed by atoms with Crippen molar-refractivity contribution in [1.82, 2.24) is 4.98 Å². The van der Waals surface area contributed by atoms with Crippen LogP contribution in [0.1, 0.15) is 11.3 Å². The smallest absolute Gasteiger partial charge is 0.0485 e. The quantitative estimate of drug-likeness (QED) is 0.812. The summed E-state index contributed by atoms with van der Waals surface area (Å²) in [4.78, 5) is 5.50. The number of aromatic nitrogens is 1. The first-order valence-corrected chi connectivity index (χ1v) is 5.52. The van der Waals surface area contributed by atoms with Gasteiger partial charge in [0.05, 0.1) is 0 Å². The molecule has 1 aromatic heterocycles. The highest BCUT2D eigenvalue weighted by Gasteiger charge is 2.04. The Labute approximate surface area is 96.9 Å². The molecule has 0 radical (unpaired) electrons. The lowest BCUT2D eigenvalue weighted by Gasteiger charge is -2.12. The highest BCUT2D eigenvalue weighted by molar-refractivity contribution is 5.66. The topological polar surface area (TPSA) is 19.0 Å². The molecule has 0 spiro atoms. The van der Waals surface area contributed by atoms with E-state index in [1.807, 2.05) is 0 Å². The molecule has 16 heavy (non-hydrogen) atoms. The minimum Gasteiger partial charge on any atom is -0.378 e. The Balaban J connectivity index is 2.38. The van der Waals surface area contributed by atoms with Gasteiger partial charge in [-0.1, -0.05) is 12.1 Å². The third-order valence-electron chi connectivity index (χ3n) is 2.82. The summed E-state index contributed by atoms with van der Waals surface area (Å²) in [6.45, 7) is 4.23. The summed E-state index contributed by atoms with van der Waals surface area (Å²) in [5, 5.41) is 0. The SMILES string of the molecule is Cc1cc(C)c(-c2ccc(N(C)C)cc2)[nH]1. The second-order valence-corrected chi connectivity index (χ2v) is 4.45. The van der Waals surface area contributed by atoms with E-state index in [-0.39, 0.29) is 0 Å². The highest BCUT2D eigenvalue weighted by atomic mass is 15.1. The van der Waals surface area contributed by atoms with Gasteiger partial charge in [0.2, 0.25) is 0 Å². The van der Waals surface area contributed by atoms with Crippen LogP contribution >= 0.6 is 0 Å². The van der Waals surface area contributed by atoms with Crippen LogP contribution < -0.4 is 4.90 Å². The number of aryl methyl sites for hydroxylation is 2. The molecule has 0 saturated carbocycles. The summed E-state index contributed by atoms with van der Waals surface area (Å²) in [7, 11) is 4.11. The van der Waals surface area contributed by atoms with Crippen molar-refractivity contribution in [3.8, 4) is 11.3 Å². The molecule has 0 aliphatic carbocycles. The molecule has 0 aliphatic rings. The van der Waals surface area contributed by atoms with E-state index < -0.39 is 0 Å². The van der Waals surface area contributed by atoms with Crippen LogP contribution in [-0.4, -0.2) is 19.1 Å². The zero-order valence-electron chi connectivity index (χ0n) is 10.3. The van der Waals surface area contributed by atoms with Crippen molar-refractivity contribution in [1.29, 1.82) is 0 Å². The Morgan fingerprint density at radius 2 is 1.62 bits per heavy atom. The average molecular weight is 214 g/mol. The molecule has 2 aromatic rings. The van der Waals surface area contributed by atoms with Crippen LogP contribution in [0.15, 0.2) is 30.3 Å². The van der Waals surface area contributed by atoms with Gasteiger partial charge in [0.25, 0.3) is 0 Å². The summed E-state index contributed by atoms with van der Waals surface area (Å²) < 4.78 is 0. The first kappa shape index (κ1) is 10.8. The zero-order chi connectivity index (χ0) is 11.7. The van der Waals surface area contributed by atoms with E-state index in [0.717, 1.165) is 0 Å².